The van der Waals surface area contributed by atoms with Crippen molar-refractivity contribution in [2.45, 2.75) is 25.8 Å². The molecule has 134 valence electrons. The van der Waals surface area contributed by atoms with Gasteiger partial charge >= 0.3 is 0 Å². The van der Waals surface area contributed by atoms with Crippen molar-refractivity contribution in [2.75, 3.05) is 19.7 Å². The summed E-state index contributed by atoms with van der Waals surface area (Å²) in [5.74, 6) is -4.00. The minimum absolute atomic E-state index is 0.00487. The van der Waals surface area contributed by atoms with Crippen LogP contribution in [-0.2, 0) is 6.54 Å². The summed E-state index contributed by atoms with van der Waals surface area (Å²) in [4.78, 5) is 17.9. The van der Waals surface area contributed by atoms with Crippen molar-refractivity contribution >= 4 is 5.91 Å². The quantitative estimate of drug-likeness (QED) is 0.831. The molecule has 1 aliphatic heterocycles. The first kappa shape index (κ1) is 17.3. The maximum absolute atomic E-state index is 14.2. The van der Waals surface area contributed by atoms with Crippen LogP contribution in [0.3, 0.4) is 0 Å². The van der Waals surface area contributed by atoms with Crippen LogP contribution in [0.15, 0.2) is 36.7 Å². The van der Waals surface area contributed by atoms with Gasteiger partial charge in [0.25, 0.3) is 11.8 Å². The number of halogens is 2. The Kier molecular flexibility index (Phi) is 4.96. The molecule has 3 heterocycles. The van der Waals surface area contributed by atoms with Crippen molar-refractivity contribution in [1.82, 2.24) is 19.7 Å². The van der Waals surface area contributed by atoms with Gasteiger partial charge in [0.2, 0.25) is 5.88 Å². The molecule has 0 aliphatic carbocycles. The average molecular weight is 350 g/mol. The second-order valence-corrected chi connectivity index (χ2v) is 5.99. The number of piperidine rings is 1. The highest BCUT2D eigenvalue weighted by Crippen LogP contribution is 2.34. The maximum atomic E-state index is 14.2. The zero-order valence-corrected chi connectivity index (χ0v) is 13.9. The first-order valence-corrected chi connectivity index (χ1v) is 8.24. The molecule has 2 aromatic heterocycles. The van der Waals surface area contributed by atoms with Crippen molar-refractivity contribution in [3.63, 3.8) is 0 Å². The molecular formula is C17H20F2N4O2. The van der Waals surface area contributed by atoms with Crippen molar-refractivity contribution in [2.24, 2.45) is 5.92 Å². The van der Waals surface area contributed by atoms with E-state index in [1.807, 2.05) is 6.92 Å². The van der Waals surface area contributed by atoms with Crippen molar-refractivity contribution in [1.29, 1.82) is 0 Å². The van der Waals surface area contributed by atoms with Crippen LogP contribution in [0.4, 0.5) is 8.78 Å². The SMILES string of the molecule is CCn1ccc(C(=O)N2CCC(F)(F)C(COc3ccccn3)C2)n1. The number of aryl methyl sites for hydroxylation is 1. The topological polar surface area (TPSA) is 60.2 Å². The minimum Gasteiger partial charge on any atom is -0.477 e. The van der Waals surface area contributed by atoms with Crippen LogP contribution >= 0.6 is 0 Å². The summed E-state index contributed by atoms with van der Waals surface area (Å²) >= 11 is 0. The lowest BCUT2D eigenvalue weighted by molar-refractivity contribution is -0.110. The Morgan fingerprint density at radius 1 is 1.40 bits per heavy atom. The fraction of sp³-hybridized carbons (Fsp3) is 0.471. The van der Waals surface area contributed by atoms with Crippen molar-refractivity contribution in [3.05, 3.63) is 42.4 Å². The standard InChI is InChI=1S/C17H20F2N4O2/c1-2-23-9-6-14(21-23)16(24)22-10-7-17(18,19)13(11-22)12-25-15-5-3-4-8-20-15/h3-6,8-9,13H,2,7,10-12H2,1H3. The molecule has 1 fully saturated rings. The molecule has 1 saturated heterocycles. The van der Waals surface area contributed by atoms with Gasteiger partial charge in [0, 0.05) is 44.5 Å². The molecule has 0 bridgehead atoms. The Labute approximate surface area is 144 Å². The summed E-state index contributed by atoms with van der Waals surface area (Å²) in [6.45, 7) is 2.29. The van der Waals surface area contributed by atoms with Gasteiger partial charge in [-0.1, -0.05) is 6.07 Å². The van der Waals surface area contributed by atoms with Gasteiger partial charge < -0.3 is 9.64 Å². The van der Waals surface area contributed by atoms with Gasteiger partial charge in [-0.25, -0.2) is 13.8 Å². The molecule has 0 spiro atoms. The fourth-order valence-corrected chi connectivity index (χ4v) is 2.77. The predicted octanol–water partition coefficient (Wildman–Crippen LogP) is 2.47. The van der Waals surface area contributed by atoms with Crippen molar-refractivity contribution < 1.29 is 18.3 Å². The van der Waals surface area contributed by atoms with Gasteiger partial charge in [-0.05, 0) is 19.1 Å². The van der Waals surface area contributed by atoms with E-state index >= 15 is 0 Å². The number of hydrogen-bond acceptors (Lipinski definition) is 4. The van der Waals surface area contributed by atoms with E-state index in [1.54, 1.807) is 35.1 Å². The fourth-order valence-electron chi connectivity index (χ4n) is 2.77. The van der Waals surface area contributed by atoms with Crippen LogP contribution < -0.4 is 4.74 Å². The molecule has 1 aliphatic rings. The Balaban J connectivity index is 1.66. The van der Waals surface area contributed by atoms with E-state index in [2.05, 4.69) is 10.1 Å². The van der Waals surface area contributed by atoms with Gasteiger partial charge in [-0.15, -0.1) is 0 Å². The highest BCUT2D eigenvalue weighted by molar-refractivity contribution is 5.92. The molecule has 25 heavy (non-hydrogen) atoms. The third-order valence-corrected chi connectivity index (χ3v) is 4.29. The number of ether oxygens (including phenoxy) is 1. The first-order chi connectivity index (χ1) is 12.0. The Bertz CT molecular complexity index is 720. The van der Waals surface area contributed by atoms with Crippen molar-refractivity contribution in [3.8, 4) is 5.88 Å². The number of rotatable bonds is 5. The third kappa shape index (κ3) is 3.94. The summed E-state index contributed by atoms with van der Waals surface area (Å²) in [5.41, 5.74) is 0.275. The number of hydrogen-bond donors (Lipinski definition) is 0. The van der Waals surface area contributed by atoms with E-state index in [4.69, 9.17) is 4.74 Å². The molecule has 1 unspecified atom stereocenters. The van der Waals surface area contributed by atoms with E-state index in [-0.39, 0.29) is 37.7 Å². The van der Waals surface area contributed by atoms with Crippen LogP contribution in [0.25, 0.3) is 0 Å². The molecule has 3 rings (SSSR count). The largest absolute Gasteiger partial charge is 0.477 e. The van der Waals surface area contributed by atoms with Crippen LogP contribution in [-0.4, -0.2) is 51.2 Å². The summed E-state index contributed by atoms with van der Waals surface area (Å²) in [6.07, 6.45) is 2.85. The van der Waals surface area contributed by atoms with E-state index in [1.165, 1.54) is 11.1 Å². The van der Waals surface area contributed by atoms with Gasteiger partial charge in [-0.2, -0.15) is 5.10 Å². The average Bonchev–Trinajstić information content (AvgIpc) is 3.10. The molecule has 6 nitrogen and oxygen atoms in total. The Morgan fingerprint density at radius 2 is 2.24 bits per heavy atom. The number of alkyl halides is 2. The van der Waals surface area contributed by atoms with Crippen LogP contribution in [0.1, 0.15) is 23.8 Å². The van der Waals surface area contributed by atoms with Gasteiger partial charge in [-0.3, -0.25) is 9.48 Å². The molecule has 8 heteroatoms. The second kappa shape index (κ2) is 7.16. The van der Waals surface area contributed by atoms with Gasteiger partial charge in [0.15, 0.2) is 0 Å². The normalized spacial score (nSPS) is 19.6. The number of pyridine rings is 1. The summed E-state index contributed by atoms with van der Waals surface area (Å²) in [5, 5.41) is 4.16. The molecule has 0 saturated carbocycles. The zero-order valence-electron chi connectivity index (χ0n) is 13.9. The molecular weight excluding hydrogens is 330 g/mol. The number of carbonyl (C=O) groups excluding carboxylic acids is 1. The Morgan fingerprint density at radius 3 is 2.92 bits per heavy atom. The number of amides is 1. The number of nitrogens with zero attached hydrogens (tertiary/aromatic N) is 4. The first-order valence-electron chi connectivity index (χ1n) is 8.24. The summed E-state index contributed by atoms with van der Waals surface area (Å²) in [7, 11) is 0. The third-order valence-electron chi connectivity index (χ3n) is 4.29. The summed E-state index contributed by atoms with van der Waals surface area (Å²) in [6, 6.07) is 6.67. The van der Waals surface area contributed by atoms with Crippen LogP contribution in [0.2, 0.25) is 0 Å². The minimum atomic E-state index is -2.88. The van der Waals surface area contributed by atoms with E-state index in [9.17, 15) is 13.6 Å². The highest BCUT2D eigenvalue weighted by atomic mass is 19.3. The van der Waals surface area contributed by atoms with Gasteiger partial charge in [0.1, 0.15) is 12.3 Å². The number of aromatic nitrogens is 3. The molecule has 1 amide bonds. The second-order valence-electron chi connectivity index (χ2n) is 5.99. The van der Waals surface area contributed by atoms with E-state index < -0.39 is 11.8 Å². The van der Waals surface area contributed by atoms with Crippen LogP contribution in [0.5, 0.6) is 5.88 Å². The maximum Gasteiger partial charge on any atom is 0.274 e. The van der Waals surface area contributed by atoms with Crippen LogP contribution in [0, 0.1) is 5.92 Å². The lowest BCUT2D eigenvalue weighted by Crippen LogP contribution is -2.51. The van der Waals surface area contributed by atoms with E-state index in [0.29, 0.717) is 12.4 Å². The molecule has 0 aromatic carbocycles. The predicted molar refractivity (Wildman–Crippen MR) is 86.6 cm³/mol. The number of likely N-dealkylation sites (tertiary alicyclic amines) is 1. The van der Waals surface area contributed by atoms with Gasteiger partial charge in [0.05, 0.1) is 5.92 Å². The lowest BCUT2D eigenvalue weighted by Gasteiger charge is -2.37. The lowest BCUT2D eigenvalue weighted by atomic mass is 9.94. The monoisotopic (exact) mass is 350 g/mol. The number of carbonyl (C=O) groups is 1. The smallest absolute Gasteiger partial charge is 0.274 e. The molecule has 1 atom stereocenters. The molecule has 2 aromatic rings. The Hall–Kier alpha value is -2.51. The molecule has 0 N–H and O–H groups in total. The van der Waals surface area contributed by atoms with E-state index in [0.717, 1.165) is 0 Å². The molecule has 0 radical (unpaired) electrons. The zero-order chi connectivity index (χ0) is 17.9. The summed E-state index contributed by atoms with van der Waals surface area (Å²) < 4.78 is 35.4. The highest BCUT2D eigenvalue weighted by Gasteiger charge is 2.45.